The Hall–Kier alpha value is -1.67. The van der Waals surface area contributed by atoms with E-state index in [1.54, 1.807) is 0 Å². The molecule has 0 unspecified atom stereocenters. The van der Waals surface area contributed by atoms with E-state index in [0.717, 1.165) is 103 Å². The number of aliphatic hydroxyl groups is 1. The molecular formula is C52H100N2O6. The van der Waals surface area contributed by atoms with Gasteiger partial charge in [-0.15, -0.1) is 0 Å². The first-order valence-electron chi connectivity index (χ1n) is 26.4. The van der Waals surface area contributed by atoms with Crippen molar-refractivity contribution in [2.75, 3.05) is 32.8 Å². The van der Waals surface area contributed by atoms with Gasteiger partial charge in [-0.2, -0.15) is 0 Å². The van der Waals surface area contributed by atoms with E-state index in [0.29, 0.717) is 44.8 Å². The fraction of sp³-hybridized carbons (Fsp3) is 0.942. The second-order valence-electron chi connectivity index (χ2n) is 18.7. The molecule has 1 aliphatic carbocycles. The number of nitrogens with one attached hydrogen (secondary N) is 1. The van der Waals surface area contributed by atoms with Crippen LogP contribution in [0.3, 0.4) is 0 Å². The molecule has 1 amide bonds. The van der Waals surface area contributed by atoms with Gasteiger partial charge in [-0.3, -0.25) is 14.4 Å². The molecule has 0 aromatic rings. The number of ether oxygens (including phenoxy) is 2. The number of hydrogen-bond acceptors (Lipinski definition) is 7. The molecule has 60 heavy (non-hydrogen) atoms. The summed E-state index contributed by atoms with van der Waals surface area (Å²) in [5.74, 6) is 0.742. The summed E-state index contributed by atoms with van der Waals surface area (Å²) in [6.45, 7) is 13.4. The maximum absolute atomic E-state index is 12.9. The monoisotopic (exact) mass is 849 g/mol. The first kappa shape index (κ1) is 56.3. The highest BCUT2D eigenvalue weighted by Crippen LogP contribution is 2.27. The number of rotatable bonds is 45. The zero-order valence-corrected chi connectivity index (χ0v) is 40.2. The Bertz CT molecular complexity index is 964. The van der Waals surface area contributed by atoms with E-state index >= 15 is 0 Å². The number of hydrogen-bond donors (Lipinski definition) is 2. The smallest absolute Gasteiger partial charge is 0.306 e. The predicted molar refractivity (Wildman–Crippen MR) is 252 cm³/mol. The van der Waals surface area contributed by atoms with Crippen LogP contribution in [0.5, 0.6) is 0 Å². The summed E-state index contributed by atoms with van der Waals surface area (Å²) in [6, 6.07) is 0. The lowest BCUT2D eigenvalue weighted by atomic mass is 9.82. The van der Waals surface area contributed by atoms with E-state index in [4.69, 9.17) is 9.47 Å². The van der Waals surface area contributed by atoms with Gasteiger partial charge in [-0.1, -0.05) is 169 Å². The molecule has 0 aromatic carbocycles. The summed E-state index contributed by atoms with van der Waals surface area (Å²) in [5, 5.41) is 12.7. The Kier molecular flexibility index (Phi) is 38.8. The second kappa shape index (κ2) is 41.3. The molecule has 8 nitrogen and oxygen atoms in total. The third kappa shape index (κ3) is 33.9. The molecule has 0 saturated heterocycles. The van der Waals surface area contributed by atoms with Crippen LogP contribution in [0.1, 0.15) is 259 Å². The Labute approximate surface area is 371 Å². The SMILES string of the molecule is CCCCCCCCC(CCCCCCCC)OC(=O)CCCCCCCN(CCCCCCCC(=O)OCCC(CCCC)CCCC)CCCNC(=O)C1CC(O)C1. The normalized spacial score (nSPS) is 15.2. The molecule has 354 valence electrons. The third-order valence-corrected chi connectivity index (χ3v) is 12.9. The molecular weight excluding hydrogens is 749 g/mol. The van der Waals surface area contributed by atoms with E-state index < -0.39 is 0 Å². The van der Waals surface area contributed by atoms with Crippen molar-refractivity contribution in [3.63, 3.8) is 0 Å². The van der Waals surface area contributed by atoms with Crippen LogP contribution in [-0.2, 0) is 23.9 Å². The van der Waals surface area contributed by atoms with Gasteiger partial charge >= 0.3 is 11.9 Å². The fourth-order valence-corrected chi connectivity index (χ4v) is 8.71. The molecule has 1 fully saturated rings. The van der Waals surface area contributed by atoms with Gasteiger partial charge in [-0.05, 0) is 103 Å². The predicted octanol–water partition coefficient (Wildman–Crippen LogP) is 13.6. The molecule has 8 heteroatoms. The number of carbonyl (C=O) groups excluding carboxylic acids is 3. The lowest BCUT2D eigenvalue weighted by Crippen LogP contribution is -2.42. The van der Waals surface area contributed by atoms with Gasteiger partial charge in [0, 0.05) is 25.3 Å². The van der Waals surface area contributed by atoms with Gasteiger partial charge in [0.15, 0.2) is 0 Å². The minimum absolute atomic E-state index is 0.00711. The van der Waals surface area contributed by atoms with Crippen LogP contribution >= 0.6 is 0 Å². The minimum atomic E-state index is -0.306. The second-order valence-corrected chi connectivity index (χ2v) is 18.7. The summed E-state index contributed by atoms with van der Waals surface area (Å²) in [7, 11) is 0. The van der Waals surface area contributed by atoms with Gasteiger partial charge < -0.3 is 24.8 Å². The summed E-state index contributed by atoms with van der Waals surface area (Å²) >= 11 is 0. The first-order chi connectivity index (χ1) is 29.3. The van der Waals surface area contributed by atoms with E-state index in [1.807, 2.05) is 0 Å². The molecule has 1 rings (SSSR count). The largest absolute Gasteiger partial charge is 0.466 e. The summed E-state index contributed by atoms with van der Waals surface area (Å²) in [5.41, 5.74) is 0. The van der Waals surface area contributed by atoms with Crippen LogP contribution in [-0.4, -0.2) is 72.8 Å². The molecule has 0 atom stereocenters. The van der Waals surface area contributed by atoms with Crippen molar-refractivity contribution in [2.45, 2.75) is 271 Å². The lowest BCUT2D eigenvalue weighted by Gasteiger charge is -2.30. The zero-order valence-electron chi connectivity index (χ0n) is 40.2. The fourth-order valence-electron chi connectivity index (χ4n) is 8.71. The molecule has 0 aromatic heterocycles. The van der Waals surface area contributed by atoms with Crippen LogP contribution in [0.2, 0.25) is 0 Å². The molecule has 0 heterocycles. The zero-order chi connectivity index (χ0) is 43.7. The lowest BCUT2D eigenvalue weighted by molar-refractivity contribution is -0.150. The summed E-state index contributed by atoms with van der Waals surface area (Å²) < 4.78 is 11.7. The van der Waals surface area contributed by atoms with E-state index in [2.05, 4.69) is 37.9 Å². The summed E-state index contributed by atoms with van der Waals surface area (Å²) in [6.07, 6.45) is 39.7. The number of carbonyl (C=O) groups is 3. The maximum Gasteiger partial charge on any atom is 0.306 e. The van der Waals surface area contributed by atoms with Gasteiger partial charge in [0.2, 0.25) is 5.91 Å². The third-order valence-electron chi connectivity index (χ3n) is 12.9. The molecule has 0 aliphatic heterocycles. The van der Waals surface area contributed by atoms with Crippen molar-refractivity contribution in [3.8, 4) is 0 Å². The Morgan fingerprint density at radius 3 is 1.50 bits per heavy atom. The number of unbranched alkanes of at least 4 members (excludes halogenated alkanes) is 20. The topological polar surface area (TPSA) is 105 Å². The molecule has 0 radical (unpaired) electrons. The van der Waals surface area contributed by atoms with Crippen molar-refractivity contribution in [2.24, 2.45) is 11.8 Å². The highest BCUT2D eigenvalue weighted by molar-refractivity contribution is 5.79. The number of esters is 2. The van der Waals surface area contributed by atoms with Crippen LogP contribution in [0.4, 0.5) is 0 Å². The van der Waals surface area contributed by atoms with Crippen LogP contribution in [0, 0.1) is 11.8 Å². The van der Waals surface area contributed by atoms with Crippen molar-refractivity contribution in [1.82, 2.24) is 10.2 Å². The molecule has 1 saturated carbocycles. The first-order valence-corrected chi connectivity index (χ1v) is 26.4. The molecule has 1 aliphatic rings. The van der Waals surface area contributed by atoms with Crippen molar-refractivity contribution >= 4 is 17.8 Å². The highest BCUT2D eigenvalue weighted by Gasteiger charge is 2.32. The van der Waals surface area contributed by atoms with E-state index in [9.17, 15) is 19.5 Å². The van der Waals surface area contributed by atoms with Crippen LogP contribution < -0.4 is 5.32 Å². The van der Waals surface area contributed by atoms with E-state index in [-0.39, 0.29) is 36.0 Å². The highest BCUT2D eigenvalue weighted by atomic mass is 16.5. The van der Waals surface area contributed by atoms with Gasteiger partial charge in [-0.25, -0.2) is 0 Å². The standard InChI is InChI=1S/C52H100N2O6/c1-5-9-13-15-19-25-34-49(35-26-20-16-14-10-6-2)60-51(57)37-28-22-18-24-30-41-54(42-31-39-53-52(58)47-44-48(55)45-47)40-29-23-17-21-27-36-50(56)59-43-38-46(32-11-7-3)33-12-8-4/h46-49,55H,5-45H2,1-4H3,(H,53,58). The Balaban J connectivity index is 2.35. The quantitative estimate of drug-likeness (QED) is 0.0464. The number of nitrogens with zero attached hydrogens (tertiary/aromatic N) is 1. The average Bonchev–Trinajstić information content (AvgIpc) is 3.23. The van der Waals surface area contributed by atoms with Crippen molar-refractivity contribution < 1.29 is 29.0 Å². The molecule has 0 spiro atoms. The van der Waals surface area contributed by atoms with E-state index in [1.165, 1.54) is 122 Å². The van der Waals surface area contributed by atoms with Crippen LogP contribution in [0.25, 0.3) is 0 Å². The number of amides is 1. The number of aliphatic hydroxyl groups excluding tert-OH is 1. The van der Waals surface area contributed by atoms with Gasteiger partial charge in [0.05, 0.1) is 12.7 Å². The average molecular weight is 849 g/mol. The van der Waals surface area contributed by atoms with Crippen molar-refractivity contribution in [1.29, 1.82) is 0 Å². The minimum Gasteiger partial charge on any atom is -0.466 e. The van der Waals surface area contributed by atoms with Crippen LogP contribution in [0.15, 0.2) is 0 Å². The van der Waals surface area contributed by atoms with Gasteiger partial charge in [0.1, 0.15) is 6.10 Å². The molecule has 2 N–H and O–H groups in total. The van der Waals surface area contributed by atoms with Gasteiger partial charge in [0.25, 0.3) is 0 Å². The maximum atomic E-state index is 12.9. The Morgan fingerprint density at radius 2 is 0.983 bits per heavy atom. The van der Waals surface area contributed by atoms with Crippen molar-refractivity contribution in [3.05, 3.63) is 0 Å². The summed E-state index contributed by atoms with van der Waals surface area (Å²) in [4.78, 5) is 40.1. The Morgan fingerprint density at radius 1 is 0.533 bits per heavy atom. The molecule has 0 bridgehead atoms.